The third-order valence-electron chi connectivity index (χ3n) is 3.83. The lowest BCUT2D eigenvalue weighted by molar-refractivity contribution is 1.49. The molecular formula is C19H12N2. The number of fused-ring (bicyclic) bond motifs is 3. The summed E-state index contributed by atoms with van der Waals surface area (Å²) in [6.45, 7) is 0. The van der Waals surface area contributed by atoms with Gasteiger partial charge in [-0.3, -0.25) is 0 Å². The van der Waals surface area contributed by atoms with Gasteiger partial charge >= 0.3 is 0 Å². The van der Waals surface area contributed by atoms with Crippen LogP contribution in [0.4, 0.5) is 0 Å². The topological polar surface area (TPSA) is 39.6 Å². The van der Waals surface area contributed by atoms with E-state index in [2.05, 4.69) is 41.4 Å². The van der Waals surface area contributed by atoms with Gasteiger partial charge in [-0.2, -0.15) is 5.26 Å². The highest BCUT2D eigenvalue weighted by molar-refractivity contribution is 6.08. The lowest BCUT2D eigenvalue weighted by Gasteiger charge is -2.01. The monoisotopic (exact) mass is 268 g/mol. The molecule has 0 aliphatic carbocycles. The Labute approximate surface area is 122 Å². The summed E-state index contributed by atoms with van der Waals surface area (Å²) < 4.78 is 0. The molecule has 0 aliphatic heterocycles. The maximum Gasteiger partial charge on any atom is 0.0991 e. The lowest BCUT2D eigenvalue weighted by Crippen LogP contribution is -1.77. The first-order valence-electron chi connectivity index (χ1n) is 6.86. The number of hydrogen-bond acceptors (Lipinski definition) is 1. The Hall–Kier alpha value is -3.05. The first-order valence-corrected chi connectivity index (χ1v) is 6.86. The summed E-state index contributed by atoms with van der Waals surface area (Å²) in [5, 5.41) is 11.3. The second-order valence-electron chi connectivity index (χ2n) is 5.12. The SMILES string of the molecule is N#Cc1ccc2[nH]c3ccc(-c4ccccc4)cc3c2c1. The third-order valence-corrected chi connectivity index (χ3v) is 3.83. The number of nitriles is 1. The predicted octanol–water partition coefficient (Wildman–Crippen LogP) is 4.86. The summed E-state index contributed by atoms with van der Waals surface area (Å²) in [6.07, 6.45) is 0. The number of H-pyrrole nitrogens is 1. The molecule has 0 spiro atoms. The second-order valence-corrected chi connectivity index (χ2v) is 5.12. The smallest absolute Gasteiger partial charge is 0.0991 e. The van der Waals surface area contributed by atoms with Crippen LogP contribution in [-0.2, 0) is 0 Å². The summed E-state index contributed by atoms with van der Waals surface area (Å²) in [5.74, 6) is 0. The molecule has 0 radical (unpaired) electrons. The number of aromatic amines is 1. The number of hydrogen-bond donors (Lipinski definition) is 1. The molecule has 1 aromatic heterocycles. The Morgan fingerprint density at radius 3 is 2.19 bits per heavy atom. The molecule has 3 aromatic carbocycles. The highest BCUT2D eigenvalue weighted by Gasteiger charge is 2.07. The molecule has 0 bridgehead atoms. The average molecular weight is 268 g/mol. The van der Waals surface area contributed by atoms with E-state index in [4.69, 9.17) is 5.26 Å². The Balaban J connectivity index is 2.02. The van der Waals surface area contributed by atoms with Crippen LogP contribution in [0.3, 0.4) is 0 Å². The zero-order valence-corrected chi connectivity index (χ0v) is 11.3. The fourth-order valence-electron chi connectivity index (χ4n) is 2.78. The standard InChI is InChI=1S/C19H12N2/c20-12-13-6-8-18-16(10-13)17-11-15(7-9-19(17)21-18)14-4-2-1-3-5-14/h1-11,21H. The van der Waals surface area contributed by atoms with Crippen molar-refractivity contribution in [3.05, 3.63) is 72.3 Å². The van der Waals surface area contributed by atoms with E-state index in [0.717, 1.165) is 21.8 Å². The summed E-state index contributed by atoms with van der Waals surface area (Å²) in [5.41, 5.74) is 5.24. The first kappa shape index (κ1) is 11.7. The molecule has 0 unspecified atom stereocenters. The highest BCUT2D eigenvalue weighted by atomic mass is 14.7. The second kappa shape index (κ2) is 4.50. The minimum absolute atomic E-state index is 0.688. The zero-order chi connectivity index (χ0) is 14.2. The van der Waals surface area contributed by atoms with Gasteiger partial charge in [0.1, 0.15) is 0 Å². The van der Waals surface area contributed by atoms with Crippen molar-refractivity contribution in [2.75, 3.05) is 0 Å². The Morgan fingerprint density at radius 1 is 0.714 bits per heavy atom. The van der Waals surface area contributed by atoms with E-state index < -0.39 is 0 Å². The number of aromatic nitrogens is 1. The largest absolute Gasteiger partial charge is 0.355 e. The summed E-state index contributed by atoms with van der Waals surface area (Å²) >= 11 is 0. The highest BCUT2D eigenvalue weighted by Crippen LogP contribution is 2.30. The molecule has 21 heavy (non-hydrogen) atoms. The Bertz CT molecular complexity index is 989. The van der Waals surface area contributed by atoms with Gasteiger partial charge in [0.2, 0.25) is 0 Å². The molecule has 4 aromatic rings. The van der Waals surface area contributed by atoms with Crippen molar-refractivity contribution in [2.24, 2.45) is 0 Å². The molecule has 4 rings (SSSR count). The molecule has 0 saturated heterocycles. The van der Waals surface area contributed by atoms with Gasteiger partial charge in [0.15, 0.2) is 0 Å². The van der Waals surface area contributed by atoms with Crippen LogP contribution in [0.25, 0.3) is 32.9 Å². The van der Waals surface area contributed by atoms with Gasteiger partial charge in [-0.15, -0.1) is 0 Å². The van der Waals surface area contributed by atoms with E-state index >= 15 is 0 Å². The molecule has 2 heteroatoms. The minimum Gasteiger partial charge on any atom is -0.355 e. The maximum absolute atomic E-state index is 9.08. The van der Waals surface area contributed by atoms with Crippen LogP contribution in [0.15, 0.2) is 66.7 Å². The number of rotatable bonds is 1. The van der Waals surface area contributed by atoms with Gasteiger partial charge in [-0.05, 0) is 41.5 Å². The van der Waals surface area contributed by atoms with Gasteiger partial charge in [-0.1, -0.05) is 36.4 Å². The van der Waals surface area contributed by atoms with Gasteiger partial charge < -0.3 is 4.98 Å². The average Bonchev–Trinajstić information content (AvgIpc) is 2.92. The molecule has 0 atom stereocenters. The number of benzene rings is 3. The molecule has 98 valence electrons. The number of nitrogens with one attached hydrogen (secondary N) is 1. The van der Waals surface area contributed by atoms with Gasteiger partial charge in [0.25, 0.3) is 0 Å². The summed E-state index contributed by atoms with van der Waals surface area (Å²) in [6, 6.07) is 24.7. The normalized spacial score (nSPS) is 10.8. The van der Waals surface area contributed by atoms with Crippen LogP contribution in [-0.4, -0.2) is 4.98 Å². The Morgan fingerprint density at radius 2 is 1.43 bits per heavy atom. The van der Waals surface area contributed by atoms with Crippen LogP contribution in [0, 0.1) is 11.3 Å². The number of nitrogens with zero attached hydrogens (tertiary/aromatic N) is 1. The zero-order valence-electron chi connectivity index (χ0n) is 11.3. The minimum atomic E-state index is 0.688. The Kier molecular flexibility index (Phi) is 2.52. The van der Waals surface area contributed by atoms with Crippen LogP contribution < -0.4 is 0 Å². The van der Waals surface area contributed by atoms with Gasteiger partial charge in [-0.25, -0.2) is 0 Å². The molecule has 2 nitrogen and oxygen atoms in total. The lowest BCUT2D eigenvalue weighted by atomic mass is 10.0. The quantitative estimate of drug-likeness (QED) is 0.526. The van der Waals surface area contributed by atoms with E-state index in [-0.39, 0.29) is 0 Å². The third kappa shape index (κ3) is 1.87. The van der Waals surface area contributed by atoms with Crippen molar-refractivity contribution in [2.45, 2.75) is 0 Å². The molecule has 0 aliphatic rings. The van der Waals surface area contributed by atoms with Crippen LogP contribution in [0.2, 0.25) is 0 Å². The fourth-order valence-corrected chi connectivity index (χ4v) is 2.78. The van der Waals surface area contributed by atoms with Crippen LogP contribution in [0.1, 0.15) is 5.56 Å². The molecule has 0 fully saturated rings. The van der Waals surface area contributed by atoms with E-state index in [1.54, 1.807) is 0 Å². The van der Waals surface area contributed by atoms with Crippen molar-refractivity contribution in [3.8, 4) is 17.2 Å². The molecule has 0 saturated carbocycles. The van der Waals surface area contributed by atoms with Crippen molar-refractivity contribution in [1.82, 2.24) is 4.98 Å². The summed E-state index contributed by atoms with van der Waals surface area (Å²) in [7, 11) is 0. The van der Waals surface area contributed by atoms with E-state index in [1.165, 1.54) is 11.1 Å². The first-order chi connectivity index (χ1) is 10.3. The van der Waals surface area contributed by atoms with Crippen LogP contribution >= 0.6 is 0 Å². The van der Waals surface area contributed by atoms with E-state index in [0.29, 0.717) is 5.56 Å². The van der Waals surface area contributed by atoms with Crippen molar-refractivity contribution < 1.29 is 0 Å². The van der Waals surface area contributed by atoms with Crippen LogP contribution in [0.5, 0.6) is 0 Å². The van der Waals surface area contributed by atoms with E-state index in [1.807, 2.05) is 36.4 Å². The predicted molar refractivity (Wildman–Crippen MR) is 86.0 cm³/mol. The van der Waals surface area contributed by atoms with Crippen molar-refractivity contribution >= 4 is 21.8 Å². The molecule has 1 heterocycles. The van der Waals surface area contributed by atoms with E-state index in [9.17, 15) is 0 Å². The van der Waals surface area contributed by atoms with Gasteiger partial charge in [0.05, 0.1) is 11.6 Å². The molecule has 1 N–H and O–H groups in total. The molecule has 0 amide bonds. The summed E-state index contributed by atoms with van der Waals surface area (Å²) in [4.78, 5) is 3.40. The van der Waals surface area contributed by atoms with Gasteiger partial charge in [0, 0.05) is 21.8 Å². The van der Waals surface area contributed by atoms with Crippen molar-refractivity contribution in [3.63, 3.8) is 0 Å². The fraction of sp³-hybridized carbons (Fsp3) is 0. The molecular weight excluding hydrogens is 256 g/mol. The van der Waals surface area contributed by atoms with Crippen molar-refractivity contribution in [1.29, 1.82) is 5.26 Å². The maximum atomic E-state index is 9.08.